The summed E-state index contributed by atoms with van der Waals surface area (Å²) in [5.74, 6) is -0.447. The van der Waals surface area contributed by atoms with Gasteiger partial charge in [-0.25, -0.2) is 0 Å². The molecular weight excluding hydrogens is 204 g/mol. The van der Waals surface area contributed by atoms with Crippen molar-refractivity contribution in [2.24, 2.45) is 0 Å². The molecule has 0 spiro atoms. The first kappa shape index (κ1) is 10.4. The lowest BCUT2D eigenvalue weighted by Gasteiger charge is -2.21. The molecular formula is C12H12N2O2. The quantitative estimate of drug-likeness (QED) is 0.677. The molecule has 0 unspecified atom stereocenters. The van der Waals surface area contributed by atoms with Crippen molar-refractivity contribution >= 4 is 17.9 Å². The Balaban J connectivity index is 2.25. The van der Waals surface area contributed by atoms with Crippen molar-refractivity contribution in [2.45, 2.75) is 13.0 Å². The molecule has 1 atom stereocenters. The minimum atomic E-state index is -0.472. The van der Waals surface area contributed by atoms with Crippen LogP contribution in [0, 0.1) is 0 Å². The molecule has 0 aliphatic carbocycles. The van der Waals surface area contributed by atoms with E-state index >= 15 is 0 Å². The maximum absolute atomic E-state index is 11.6. The third-order valence-corrected chi connectivity index (χ3v) is 2.35. The van der Waals surface area contributed by atoms with Crippen molar-refractivity contribution in [3.8, 4) is 0 Å². The first-order valence-electron chi connectivity index (χ1n) is 5.05. The predicted molar refractivity (Wildman–Crippen MR) is 60.2 cm³/mol. The van der Waals surface area contributed by atoms with Crippen LogP contribution < -0.4 is 10.6 Å². The summed E-state index contributed by atoms with van der Waals surface area (Å²) >= 11 is 0. The van der Waals surface area contributed by atoms with Crippen LogP contribution in [-0.4, -0.2) is 17.9 Å². The Labute approximate surface area is 93.3 Å². The van der Waals surface area contributed by atoms with E-state index in [2.05, 4.69) is 10.6 Å². The maximum atomic E-state index is 11.6. The van der Waals surface area contributed by atoms with Crippen LogP contribution in [0.15, 0.2) is 36.0 Å². The first-order chi connectivity index (χ1) is 7.66. The number of carbonyl (C=O) groups excluding carboxylic acids is 2. The molecule has 1 aliphatic rings. The smallest absolute Gasteiger partial charge is 0.268 e. The third-order valence-electron chi connectivity index (χ3n) is 2.35. The summed E-state index contributed by atoms with van der Waals surface area (Å²) in [6.45, 7) is 1.65. The molecule has 0 radical (unpaired) electrons. The summed E-state index contributed by atoms with van der Waals surface area (Å²) in [6, 6.07) is 8.90. The molecule has 0 saturated carbocycles. The van der Waals surface area contributed by atoms with Crippen LogP contribution in [0.5, 0.6) is 0 Å². The second-order valence-electron chi connectivity index (χ2n) is 3.65. The summed E-state index contributed by atoms with van der Waals surface area (Å²) in [7, 11) is 0. The van der Waals surface area contributed by atoms with Gasteiger partial charge in [-0.2, -0.15) is 0 Å². The Morgan fingerprint density at radius 3 is 2.56 bits per heavy atom. The molecule has 0 bridgehead atoms. The maximum Gasteiger partial charge on any atom is 0.268 e. The van der Waals surface area contributed by atoms with Gasteiger partial charge in [-0.1, -0.05) is 30.3 Å². The lowest BCUT2D eigenvalue weighted by molar-refractivity contribution is -0.130. The van der Waals surface area contributed by atoms with Crippen LogP contribution in [0.1, 0.15) is 12.5 Å². The second kappa shape index (κ2) is 4.18. The Bertz CT molecular complexity index is 451. The van der Waals surface area contributed by atoms with Gasteiger partial charge in [0.05, 0.1) is 0 Å². The third kappa shape index (κ3) is 2.11. The summed E-state index contributed by atoms with van der Waals surface area (Å²) < 4.78 is 0. The van der Waals surface area contributed by atoms with E-state index < -0.39 is 6.04 Å². The van der Waals surface area contributed by atoms with Crippen molar-refractivity contribution in [1.29, 1.82) is 0 Å². The van der Waals surface area contributed by atoms with E-state index in [0.717, 1.165) is 5.56 Å². The monoisotopic (exact) mass is 216 g/mol. The summed E-state index contributed by atoms with van der Waals surface area (Å²) in [6.07, 6.45) is 1.65. The number of piperazine rings is 1. The van der Waals surface area contributed by atoms with Gasteiger partial charge in [0.15, 0.2) is 0 Å². The van der Waals surface area contributed by atoms with Crippen molar-refractivity contribution in [3.05, 3.63) is 41.6 Å². The molecule has 1 fully saturated rings. The topological polar surface area (TPSA) is 58.2 Å². The van der Waals surface area contributed by atoms with Crippen molar-refractivity contribution < 1.29 is 9.59 Å². The highest BCUT2D eigenvalue weighted by Gasteiger charge is 2.25. The molecule has 2 N–H and O–H groups in total. The van der Waals surface area contributed by atoms with Gasteiger partial charge in [0.2, 0.25) is 5.91 Å². The highest BCUT2D eigenvalue weighted by atomic mass is 16.2. The van der Waals surface area contributed by atoms with Crippen LogP contribution in [0.25, 0.3) is 6.08 Å². The standard InChI is InChI=1S/C12H12N2O2/c1-8-11(15)14-10(12(16)13-8)7-9-5-3-2-4-6-9/h2-8H,1H3,(H,13,16)(H,14,15)/b10-7+/t8-/m1/s1. The van der Waals surface area contributed by atoms with Crippen LogP contribution in [-0.2, 0) is 9.59 Å². The average Bonchev–Trinajstić information content (AvgIpc) is 2.27. The van der Waals surface area contributed by atoms with Gasteiger partial charge >= 0.3 is 0 Å². The number of nitrogens with one attached hydrogen (secondary N) is 2. The van der Waals surface area contributed by atoms with E-state index in [9.17, 15) is 9.59 Å². The normalized spacial score (nSPS) is 22.8. The van der Waals surface area contributed by atoms with Crippen molar-refractivity contribution in [2.75, 3.05) is 0 Å². The molecule has 1 aliphatic heterocycles. The van der Waals surface area contributed by atoms with E-state index in [-0.39, 0.29) is 17.5 Å². The van der Waals surface area contributed by atoms with Gasteiger partial charge in [-0.05, 0) is 18.6 Å². The molecule has 1 aromatic rings. The fourth-order valence-corrected chi connectivity index (χ4v) is 1.46. The lowest BCUT2D eigenvalue weighted by Crippen LogP contribution is -2.53. The largest absolute Gasteiger partial charge is 0.339 e. The SMILES string of the molecule is C[C@H]1NC(=O)/C(=C\c2ccccc2)NC1=O. The Morgan fingerprint density at radius 2 is 1.88 bits per heavy atom. The first-order valence-corrected chi connectivity index (χ1v) is 5.05. The predicted octanol–water partition coefficient (Wildman–Crippen LogP) is 0.662. The van der Waals surface area contributed by atoms with Crippen LogP contribution in [0.3, 0.4) is 0 Å². The van der Waals surface area contributed by atoms with Crippen LogP contribution in [0.2, 0.25) is 0 Å². The van der Waals surface area contributed by atoms with Crippen LogP contribution in [0.4, 0.5) is 0 Å². The number of carbonyl (C=O) groups is 2. The summed E-state index contributed by atoms with van der Waals surface area (Å²) in [5.41, 5.74) is 1.16. The van der Waals surface area contributed by atoms with E-state index in [1.54, 1.807) is 13.0 Å². The van der Waals surface area contributed by atoms with Gasteiger partial charge < -0.3 is 10.6 Å². The van der Waals surface area contributed by atoms with Crippen molar-refractivity contribution in [3.63, 3.8) is 0 Å². The van der Waals surface area contributed by atoms with Gasteiger partial charge in [0.25, 0.3) is 5.91 Å². The minimum absolute atomic E-state index is 0.193. The van der Waals surface area contributed by atoms with E-state index in [4.69, 9.17) is 0 Å². The molecule has 2 rings (SSSR count). The molecule has 1 saturated heterocycles. The Hall–Kier alpha value is -2.10. The van der Waals surface area contributed by atoms with Crippen molar-refractivity contribution in [1.82, 2.24) is 10.6 Å². The molecule has 4 heteroatoms. The minimum Gasteiger partial charge on any atom is -0.339 e. The highest BCUT2D eigenvalue weighted by Crippen LogP contribution is 2.07. The second-order valence-corrected chi connectivity index (χ2v) is 3.65. The molecule has 16 heavy (non-hydrogen) atoms. The van der Waals surface area contributed by atoms with E-state index in [1.807, 2.05) is 30.3 Å². The fourth-order valence-electron chi connectivity index (χ4n) is 1.46. The zero-order valence-electron chi connectivity index (χ0n) is 8.86. The van der Waals surface area contributed by atoms with E-state index in [0.29, 0.717) is 0 Å². The van der Waals surface area contributed by atoms with Gasteiger partial charge in [0, 0.05) is 0 Å². The van der Waals surface area contributed by atoms with Gasteiger partial charge in [-0.15, -0.1) is 0 Å². The summed E-state index contributed by atoms with van der Waals surface area (Å²) in [5, 5.41) is 5.15. The lowest BCUT2D eigenvalue weighted by atomic mass is 10.1. The molecule has 1 aromatic carbocycles. The Morgan fingerprint density at radius 1 is 1.19 bits per heavy atom. The number of hydrogen-bond acceptors (Lipinski definition) is 2. The molecule has 1 heterocycles. The number of rotatable bonds is 1. The average molecular weight is 216 g/mol. The zero-order chi connectivity index (χ0) is 11.5. The summed E-state index contributed by atoms with van der Waals surface area (Å²) in [4.78, 5) is 22.9. The fraction of sp³-hybridized carbons (Fsp3) is 0.167. The zero-order valence-corrected chi connectivity index (χ0v) is 8.86. The molecule has 2 amide bonds. The number of benzene rings is 1. The van der Waals surface area contributed by atoms with Gasteiger partial charge in [0.1, 0.15) is 11.7 Å². The van der Waals surface area contributed by atoms with E-state index in [1.165, 1.54) is 0 Å². The number of amides is 2. The number of hydrogen-bond donors (Lipinski definition) is 2. The molecule has 0 aromatic heterocycles. The molecule has 4 nitrogen and oxygen atoms in total. The van der Waals surface area contributed by atoms with Crippen LogP contribution >= 0.6 is 0 Å². The van der Waals surface area contributed by atoms with Gasteiger partial charge in [-0.3, -0.25) is 9.59 Å². The molecule has 82 valence electrons. The Kier molecular flexibility index (Phi) is 2.72. The highest BCUT2D eigenvalue weighted by molar-refractivity contribution is 6.07.